The standard InChI is InChI=1S/C18H23N3O2S/c1-20-18-15(7-19-20)8-21(17(22)6-14-4-5-24-12-14)9-16(18)11-23-10-13-2-3-13/h4-5,7,12-13,16H,2-3,6,8-11H2,1H3/t16-/m0/s1. The van der Waals surface area contributed by atoms with Gasteiger partial charge in [0, 0.05) is 38.2 Å². The molecule has 4 rings (SSSR count). The summed E-state index contributed by atoms with van der Waals surface area (Å²) in [5, 5.41) is 8.47. The van der Waals surface area contributed by atoms with E-state index in [0.717, 1.165) is 30.2 Å². The molecule has 0 spiro atoms. The summed E-state index contributed by atoms with van der Waals surface area (Å²) < 4.78 is 7.88. The van der Waals surface area contributed by atoms with Gasteiger partial charge in [0.25, 0.3) is 0 Å². The summed E-state index contributed by atoms with van der Waals surface area (Å²) >= 11 is 1.64. The third-order valence-electron chi connectivity index (χ3n) is 4.91. The second-order valence-electron chi connectivity index (χ2n) is 6.94. The second-order valence-corrected chi connectivity index (χ2v) is 7.72. The molecule has 0 unspecified atom stereocenters. The van der Waals surface area contributed by atoms with Crippen LogP contribution in [0.3, 0.4) is 0 Å². The van der Waals surface area contributed by atoms with Crippen molar-refractivity contribution in [2.75, 3.05) is 19.8 Å². The van der Waals surface area contributed by atoms with Crippen LogP contribution in [0.2, 0.25) is 0 Å². The Balaban J connectivity index is 1.45. The van der Waals surface area contributed by atoms with Gasteiger partial charge in [0.15, 0.2) is 0 Å². The second kappa shape index (κ2) is 6.69. The van der Waals surface area contributed by atoms with Gasteiger partial charge in [-0.1, -0.05) is 0 Å². The summed E-state index contributed by atoms with van der Waals surface area (Å²) in [5.41, 5.74) is 3.48. The van der Waals surface area contributed by atoms with Gasteiger partial charge in [-0.3, -0.25) is 9.48 Å². The summed E-state index contributed by atoms with van der Waals surface area (Å²) in [5.74, 6) is 1.16. The van der Waals surface area contributed by atoms with Crippen molar-refractivity contribution in [2.24, 2.45) is 13.0 Å². The molecule has 128 valence electrons. The van der Waals surface area contributed by atoms with Crippen molar-refractivity contribution < 1.29 is 9.53 Å². The van der Waals surface area contributed by atoms with Crippen LogP contribution in [0.4, 0.5) is 0 Å². The van der Waals surface area contributed by atoms with Crippen LogP contribution in [0.25, 0.3) is 0 Å². The normalized spacial score (nSPS) is 20.2. The van der Waals surface area contributed by atoms with E-state index in [2.05, 4.69) is 5.10 Å². The van der Waals surface area contributed by atoms with E-state index in [1.807, 2.05) is 39.7 Å². The Bertz CT molecular complexity index is 706. The number of fused-ring (bicyclic) bond motifs is 1. The summed E-state index contributed by atoms with van der Waals surface area (Å²) in [6.45, 7) is 2.91. The average molecular weight is 345 g/mol. The van der Waals surface area contributed by atoms with Crippen molar-refractivity contribution >= 4 is 17.2 Å². The molecule has 0 N–H and O–H groups in total. The van der Waals surface area contributed by atoms with E-state index in [1.54, 1.807) is 11.3 Å². The molecule has 0 bridgehead atoms. The molecule has 24 heavy (non-hydrogen) atoms. The predicted octanol–water partition coefficient (Wildman–Crippen LogP) is 2.58. The molecule has 2 aliphatic rings. The van der Waals surface area contributed by atoms with Crippen molar-refractivity contribution in [1.82, 2.24) is 14.7 Å². The molecule has 0 saturated heterocycles. The Hall–Kier alpha value is -1.66. The van der Waals surface area contributed by atoms with Crippen molar-refractivity contribution in [3.05, 3.63) is 39.8 Å². The first-order valence-corrected chi connectivity index (χ1v) is 9.52. The Morgan fingerprint density at radius 3 is 3.04 bits per heavy atom. The molecular weight excluding hydrogens is 322 g/mol. The summed E-state index contributed by atoms with van der Waals surface area (Å²) in [6, 6.07) is 2.03. The van der Waals surface area contributed by atoms with Gasteiger partial charge in [-0.05, 0) is 41.1 Å². The van der Waals surface area contributed by atoms with Crippen LogP contribution in [0, 0.1) is 5.92 Å². The van der Waals surface area contributed by atoms with Crippen molar-refractivity contribution in [3.8, 4) is 0 Å². The Kier molecular flexibility index (Phi) is 4.41. The molecule has 5 nitrogen and oxygen atoms in total. The van der Waals surface area contributed by atoms with E-state index < -0.39 is 0 Å². The highest BCUT2D eigenvalue weighted by Crippen LogP contribution is 2.31. The molecule has 1 aliphatic heterocycles. The SMILES string of the molecule is Cn1ncc2c1[C@H](COCC1CC1)CN(C(=O)Cc1ccsc1)C2. The third kappa shape index (κ3) is 3.39. The number of hydrogen-bond acceptors (Lipinski definition) is 4. The molecule has 1 fully saturated rings. The number of nitrogens with zero attached hydrogens (tertiary/aromatic N) is 3. The van der Waals surface area contributed by atoms with Crippen molar-refractivity contribution in [3.63, 3.8) is 0 Å². The van der Waals surface area contributed by atoms with Gasteiger partial charge in [0.05, 0.1) is 24.9 Å². The van der Waals surface area contributed by atoms with Gasteiger partial charge in [-0.2, -0.15) is 16.4 Å². The fourth-order valence-electron chi connectivity index (χ4n) is 3.43. The van der Waals surface area contributed by atoms with Gasteiger partial charge in [-0.15, -0.1) is 0 Å². The van der Waals surface area contributed by atoms with Crippen molar-refractivity contribution in [2.45, 2.75) is 31.7 Å². The minimum atomic E-state index is 0.190. The van der Waals surface area contributed by atoms with E-state index in [4.69, 9.17) is 4.74 Å². The number of aromatic nitrogens is 2. The van der Waals surface area contributed by atoms with Gasteiger partial charge in [-0.25, -0.2) is 0 Å². The first-order chi connectivity index (χ1) is 11.7. The molecule has 1 aliphatic carbocycles. The number of carbonyl (C=O) groups is 1. The maximum Gasteiger partial charge on any atom is 0.227 e. The van der Waals surface area contributed by atoms with Gasteiger partial charge < -0.3 is 9.64 Å². The lowest BCUT2D eigenvalue weighted by Crippen LogP contribution is -2.40. The number of rotatable bonds is 6. The fourth-order valence-corrected chi connectivity index (χ4v) is 4.09. The van der Waals surface area contributed by atoms with Crippen LogP contribution >= 0.6 is 11.3 Å². The number of thiophene rings is 1. The molecule has 2 aromatic rings. The van der Waals surface area contributed by atoms with Crippen LogP contribution in [-0.2, 0) is 29.5 Å². The van der Waals surface area contributed by atoms with E-state index in [9.17, 15) is 4.79 Å². The summed E-state index contributed by atoms with van der Waals surface area (Å²) in [4.78, 5) is 14.6. The number of carbonyl (C=O) groups excluding carboxylic acids is 1. The number of aryl methyl sites for hydroxylation is 1. The van der Waals surface area contributed by atoms with Gasteiger partial charge in [0.2, 0.25) is 5.91 Å². The topological polar surface area (TPSA) is 47.4 Å². The maximum atomic E-state index is 12.7. The van der Waals surface area contributed by atoms with E-state index in [1.165, 1.54) is 18.5 Å². The fraction of sp³-hybridized carbons (Fsp3) is 0.556. The smallest absolute Gasteiger partial charge is 0.227 e. The lowest BCUT2D eigenvalue weighted by molar-refractivity contribution is -0.132. The molecule has 3 heterocycles. The molecular formula is C18H23N3O2S. The first-order valence-electron chi connectivity index (χ1n) is 8.58. The zero-order valence-electron chi connectivity index (χ0n) is 14.0. The number of ether oxygens (including phenoxy) is 1. The minimum Gasteiger partial charge on any atom is -0.380 e. The van der Waals surface area contributed by atoms with Crippen molar-refractivity contribution in [1.29, 1.82) is 0 Å². The highest BCUT2D eigenvalue weighted by molar-refractivity contribution is 7.07. The molecule has 0 radical (unpaired) electrons. The minimum absolute atomic E-state index is 0.190. The van der Waals surface area contributed by atoms with E-state index in [0.29, 0.717) is 19.6 Å². The monoisotopic (exact) mass is 345 g/mol. The predicted molar refractivity (Wildman–Crippen MR) is 92.9 cm³/mol. The van der Waals surface area contributed by atoms with Crippen LogP contribution in [0.1, 0.15) is 35.6 Å². The largest absolute Gasteiger partial charge is 0.380 e. The zero-order chi connectivity index (χ0) is 16.5. The molecule has 1 atom stereocenters. The summed E-state index contributed by atoms with van der Waals surface area (Å²) in [7, 11) is 1.98. The molecule has 0 aromatic carbocycles. The number of hydrogen-bond donors (Lipinski definition) is 0. The van der Waals surface area contributed by atoms with Crippen LogP contribution in [0.15, 0.2) is 23.0 Å². The van der Waals surface area contributed by atoms with Gasteiger partial charge in [0.1, 0.15) is 0 Å². The molecule has 1 amide bonds. The van der Waals surface area contributed by atoms with Crippen LogP contribution < -0.4 is 0 Å². The zero-order valence-corrected chi connectivity index (χ0v) is 14.8. The van der Waals surface area contributed by atoms with Crippen LogP contribution in [-0.4, -0.2) is 40.3 Å². The number of amides is 1. The highest BCUT2D eigenvalue weighted by atomic mass is 32.1. The lowest BCUT2D eigenvalue weighted by Gasteiger charge is -2.33. The maximum absolute atomic E-state index is 12.7. The molecule has 6 heteroatoms. The highest BCUT2D eigenvalue weighted by Gasteiger charge is 2.31. The third-order valence-corrected chi connectivity index (χ3v) is 5.64. The Morgan fingerprint density at radius 2 is 2.29 bits per heavy atom. The average Bonchev–Trinajstić information content (AvgIpc) is 3.10. The summed E-state index contributed by atoms with van der Waals surface area (Å²) in [6.07, 6.45) is 4.97. The quantitative estimate of drug-likeness (QED) is 0.808. The molecule has 2 aromatic heterocycles. The lowest BCUT2D eigenvalue weighted by atomic mass is 9.96. The molecule has 1 saturated carbocycles. The van der Waals surface area contributed by atoms with E-state index >= 15 is 0 Å². The van der Waals surface area contributed by atoms with E-state index in [-0.39, 0.29) is 11.8 Å². The van der Waals surface area contributed by atoms with Crippen LogP contribution in [0.5, 0.6) is 0 Å². The first kappa shape index (κ1) is 15.8. The Labute approximate surface area is 146 Å². The van der Waals surface area contributed by atoms with Gasteiger partial charge >= 0.3 is 0 Å². The Morgan fingerprint density at radius 1 is 1.42 bits per heavy atom.